The van der Waals surface area contributed by atoms with Gasteiger partial charge in [0.15, 0.2) is 5.82 Å². The van der Waals surface area contributed by atoms with Crippen LogP contribution < -0.4 is 4.90 Å². The van der Waals surface area contributed by atoms with Crippen molar-refractivity contribution in [3.05, 3.63) is 24.2 Å². The lowest BCUT2D eigenvalue weighted by atomic mass is 10.2. The second-order valence-corrected chi connectivity index (χ2v) is 4.66. The molecule has 19 heavy (non-hydrogen) atoms. The zero-order chi connectivity index (χ0) is 13.8. The van der Waals surface area contributed by atoms with Crippen molar-refractivity contribution in [3.63, 3.8) is 0 Å². The van der Waals surface area contributed by atoms with Gasteiger partial charge in [-0.25, -0.2) is 4.98 Å². The second-order valence-electron chi connectivity index (χ2n) is 4.66. The summed E-state index contributed by atoms with van der Waals surface area (Å²) >= 11 is 0. The van der Waals surface area contributed by atoms with E-state index >= 15 is 0 Å². The molecule has 0 spiro atoms. The number of aliphatic hydroxyl groups is 1. The summed E-state index contributed by atoms with van der Waals surface area (Å²) in [4.78, 5) is 10.5. The van der Waals surface area contributed by atoms with Crippen LogP contribution >= 0.6 is 0 Å². The summed E-state index contributed by atoms with van der Waals surface area (Å²) < 4.78 is 5.25. The van der Waals surface area contributed by atoms with Gasteiger partial charge < -0.3 is 14.5 Å². The molecule has 6 nitrogen and oxygen atoms in total. The second kappa shape index (κ2) is 5.79. The number of aromatic nitrogens is 3. The molecule has 1 N–H and O–H groups in total. The van der Waals surface area contributed by atoms with Gasteiger partial charge in [0.25, 0.3) is 5.89 Å². The molecule has 0 aromatic carbocycles. The number of nitrogens with zero attached hydrogens (tertiary/aromatic N) is 4. The molecular weight excluding hydrogens is 244 g/mol. The van der Waals surface area contributed by atoms with Gasteiger partial charge in [0.2, 0.25) is 0 Å². The minimum absolute atomic E-state index is 0.0838. The lowest BCUT2D eigenvalue weighted by molar-refractivity contribution is 0.304. The Kier molecular flexibility index (Phi) is 4.11. The van der Waals surface area contributed by atoms with Crippen LogP contribution in [0.3, 0.4) is 0 Å². The van der Waals surface area contributed by atoms with Gasteiger partial charge in [-0.2, -0.15) is 4.98 Å². The molecule has 0 saturated carbocycles. The van der Waals surface area contributed by atoms with Crippen molar-refractivity contribution in [3.8, 4) is 11.5 Å². The van der Waals surface area contributed by atoms with E-state index in [9.17, 15) is 0 Å². The maximum atomic E-state index is 8.94. The van der Waals surface area contributed by atoms with E-state index in [0.29, 0.717) is 18.3 Å². The number of aliphatic hydroxyl groups excluding tert-OH is 1. The minimum Gasteiger partial charge on any atom is -0.395 e. The molecule has 102 valence electrons. The fourth-order valence-electron chi connectivity index (χ4n) is 1.61. The minimum atomic E-state index is 0.0838. The van der Waals surface area contributed by atoms with Crippen LogP contribution in [0.1, 0.15) is 25.6 Å². The van der Waals surface area contributed by atoms with E-state index in [1.807, 2.05) is 37.9 Å². The van der Waals surface area contributed by atoms with Crippen molar-refractivity contribution >= 4 is 5.82 Å². The van der Waals surface area contributed by atoms with E-state index in [-0.39, 0.29) is 12.5 Å². The summed E-state index contributed by atoms with van der Waals surface area (Å²) in [6.45, 7) is 4.64. The number of anilines is 1. The molecule has 0 saturated heterocycles. The monoisotopic (exact) mass is 262 g/mol. The highest BCUT2D eigenvalue weighted by atomic mass is 16.5. The predicted molar refractivity (Wildman–Crippen MR) is 72.0 cm³/mol. The molecule has 0 amide bonds. The first-order valence-electron chi connectivity index (χ1n) is 6.24. The van der Waals surface area contributed by atoms with Crippen LogP contribution in [0.15, 0.2) is 22.9 Å². The van der Waals surface area contributed by atoms with E-state index in [2.05, 4.69) is 15.1 Å². The Morgan fingerprint density at radius 1 is 1.42 bits per heavy atom. The van der Waals surface area contributed by atoms with E-state index in [0.717, 1.165) is 11.4 Å². The van der Waals surface area contributed by atoms with Crippen LogP contribution in [-0.2, 0) is 0 Å². The Hall–Kier alpha value is -1.95. The summed E-state index contributed by atoms with van der Waals surface area (Å²) in [5.41, 5.74) is 0.828. The van der Waals surface area contributed by atoms with Gasteiger partial charge in [0.1, 0.15) is 5.82 Å². The first kappa shape index (κ1) is 13.5. The number of hydrogen-bond acceptors (Lipinski definition) is 6. The molecule has 0 unspecified atom stereocenters. The van der Waals surface area contributed by atoms with Crippen LogP contribution in [0.25, 0.3) is 11.5 Å². The van der Waals surface area contributed by atoms with Crippen molar-refractivity contribution in [2.75, 3.05) is 25.1 Å². The van der Waals surface area contributed by atoms with Gasteiger partial charge in [-0.15, -0.1) is 0 Å². The van der Waals surface area contributed by atoms with Crippen LogP contribution in [0, 0.1) is 0 Å². The molecule has 0 aliphatic heterocycles. The van der Waals surface area contributed by atoms with Gasteiger partial charge in [-0.3, -0.25) is 0 Å². The van der Waals surface area contributed by atoms with Crippen LogP contribution in [0.2, 0.25) is 0 Å². The molecule has 0 atom stereocenters. The third kappa shape index (κ3) is 3.08. The van der Waals surface area contributed by atoms with E-state index in [1.165, 1.54) is 0 Å². The maximum Gasteiger partial charge on any atom is 0.258 e. The third-order valence-corrected chi connectivity index (χ3v) is 2.78. The Balaban J connectivity index is 2.26. The average molecular weight is 262 g/mol. The molecule has 2 aromatic heterocycles. The van der Waals surface area contributed by atoms with Crippen LogP contribution in [0.4, 0.5) is 5.82 Å². The summed E-state index contributed by atoms with van der Waals surface area (Å²) in [7, 11) is 1.87. The number of pyridine rings is 1. The molecule has 0 aliphatic rings. The number of hydrogen-bond donors (Lipinski definition) is 1. The van der Waals surface area contributed by atoms with Gasteiger partial charge in [-0.1, -0.05) is 19.0 Å². The summed E-state index contributed by atoms with van der Waals surface area (Å²) in [6, 6.07) is 3.70. The Morgan fingerprint density at radius 3 is 2.84 bits per heavy atom. The lowest BCUT2D eigenvalue weighted by Gasteiger charge is -2.16. The Morgan fingerprint density at radius 2 is 2.21 bits per heavy atom. The number of likely N-dealkylation sites (N-methyl/N-ethyl adjacent to an activating group) is 1. The first-order valence-corrected chi connectivity index (χ1v) is 6.24. The Bertz CT molecular complexity index is 539. The molecule has 6 heteroatoms. The normalized spacial score (nSPS) is 11.0. The smallest absolute Gasteiger partial charge is 0.258 e. The fraction of sp³-hybridized carbons (Fsp3) is 0.462. The van der Waals surface area contributed by atoms with Crippen molar-refractivity contribution < 1.29 is 9.63 Å². The van der Waals surface area contributed by atoms with Gasteiger partial charge in [0, 0.05) is 31.3 Å². The van der Waals surface area contributed by atoms with Gasteiger partial charge in [-0.05, 0) is 12.1 Å². The predicted octanol–water partition coefficient (Wildman–Crippen LogP) is 1.68. The SMILES string of the molecule is CC(C)c1noc(-c2ccnc(N(C)CCO)c2)n1. The molecule has 0 bridgehead atoms. The van der Waals surface area contributed by atoms with Crippen molar-refractivity contribution in [1.82, 2.24) is 15.1 Å². The lowest BCUT2D eigenvalue weighted by Crippen LogP contribution is -2.22. The van der Waals surface area contributed by atoms with E-state index in [4.69, 9.17) is 9.63 Å². The zero-order valence-corrected chi connectivity index (χ0v) is 11.4. The third-order valence-electron chi connectivity index (χ3n) is 2.78. The molecule has 0 aliphatic carbocycles. The summed E-state index contributed by atoms with van der Waals surface area (Å²) in [6.07, 6.45) is 1.69. The molecule has 0 radical (unpaired) electrons. The quantitative estimate of drug-likeness (QED) is 0.883. The van der Waals surface area contributed by atoms with Crippen molar-refractivity contribution in [2.24, 2.45) is 0 Å². The van der Waals surface area contributed by atoms with Crippen LogP contribution in [-0.4, -0.2) is 40.4 Å². The molecule has 0 fully saturated rings. The zero-order valence-electron chi connectivity index (χ0n) is 11.4. The van der Waals surface area contributed by atoms with Crippen molar-refractivity contribution in [1.29, 1.82) is 0 Å². The van der Waals surface area contributed by atoms with Gasteiger partial charge in [0.05, 0.1) is 6.61 Å². The molecule has 2 aromatic rings. The maximum absolute atomic E-state index is 8.94. The van der Waals surface area contributed by atoms with Crippen molar-refractivity contribution in [2.45, 2.75) is 19.8 Å². The summed E-state index contributed by atoms with van der Waals surface area (Å²) in [5.74, 6) is 2.17. The largest absolute Gasteiger partial charge is 0.395 e. The highest BCUT2D eigenvalue weighted by Gasteiger charge is 2.12. The first-order chi connectivity index (χ1) is 9.11. The average Bonchev–Trinajstić information content (AvgIpc) is 2.89. The highest BCUT2D eigenvalue weighted by molar-refractivity contribution is 5.58. The molecule has 2 rings (SSSR count). The Labute approximate surface area is 112 Å². The highest BCUT2D eigenvalue weighted by Crippen LogP contribution is 2.22. The summed E-state index contributed by atoms with van der Waals surface area (Å²) in [5, 5.41) is 12.9. The van der Waals surface area contributed by atoms with Gasteiger partial charge >= 0.3 is 0 Å². The fourth-order valence-corrected chi connectivity index (χ4v) is 1.61. The topological polar surface area (TPSA) is 75.3 Å². The van der Waals surface area contributed by atoms with E-state index < -0.39 is 0 Å². The standard InChI is InChI=1S/C13H18N4O2/c1-9(2)12-15-13(19-16-12)10-4-5-14-11(8-10)17(3)6-7-18/h4-5,8-9,18H,6-7H2,1-3H3. The molecular formula is C13H18N4O2. The molecule has 2 heterocycles. The van der Waals surface area contributed by atoms with E-state index in [1.54, 1.807) is 6.20 Å². The number of rotatable bonds is 5. The van der Waals surface area contributed by atoms with Crippen LogP contribution in [0.5, 0.6) is 0 Å².